The second-order valence-corrected chi connectivity index (χ2v) is 5.19. The number of hydrogen-bond donors (Lipinski definition) is 2. The van der Waals surface area contributed by atoms with Gasteiger partial charge in [0.15, 0.2) is 0 Å². The fraction of sp³-hybridized carbons (Fsp3) is 0.500. The Labute approximate surface area is 153 Å². The van der Waals surface area contributed by atoms with Crippen LogP contribution in [0.2, 0.25) is 5.02 Å². The lowest BCUT2D eigenvalue weighted by Crippen LogP contribution is -2.40. The number of methoxy groups -OCH3 is 1. The number of rotatable bonds is 5. The molecule has 0 bridgehead atoms. The van der Waals surface area contributed by atoms with Gasteiger partial charge in [0.2, 0.25) is 5.91 Å². The lowest BCUT2D eigenvalue weighted by Gasteiger charge is -2.31. The quantitative estimate of drug-likeness (QED) is 0.808. The molecule has 1 aliphatic heterocycles. The van der Waals surface area contributed by atoms with E-state index in [0.717, 1.165) is 18.8 Å². The summed E-state index contributed by atoms with van der Waals surface area (Å²) >= 11 is 6.30. The molecular formula is C14H22Cl3N3O3. The molecule has 1 aromatic carbocycles. The van der Waals surface area contributed by atoms with Crippen LogP contribution in [0, 0.1) is 0 Å². The van der Waals surface area contributed by atoms with Gasteiger partial charge in [-0.05, 0) is 12.1 Å². The minimum Gasteiger partial charge on any atom is -0.383 e. The van der Waals surface area contributed by atoms with Gasteiger partial charge in [-0.2, -0.15) is 0 Å². The van der Waals surface area contributed by atoms with Crippen molar-refractivity contribution >= 4 is 53.7 Å². The number of ether oxygens (including phenoxy) is 2. The van der Waals surface area contributed by atoms with Gasteiger partial charge in [-0.1, -0.05) is 17.7 Å². The van der Waals surface area contributed by atoms with Crippen LogP contribution in [-0.4, -0.2) is 52.0 Å². The van der Waals surface area contributed by atoms with Gasteiger partial charge in [-0.3, -0.25) is 4.79 Å². The van der Waals surface area contributed by atoms with E-state index in [-0.39, 0.29) is 37.3 Å². The normalized spacial score (nSPS) is 15.2. The zero-order valence-corrected chi connectivity index (χ0v) is 15.2. The van der Waals surface area contributed by atoms with Crippen molar-refractivity contribution in [2.45, 2.75) is 6.04 Å². The largest absolute Gasteiger partial charge is 0.383 e. The van der Waals surface area contributed by atoms with Gasteiger partial charge in [0.1, 0.15) is 6.04 Å². The Morgan fingerprint density at radius 2 is 2.09 bits per heavy atom. The summed E-state index contributed by atoms with van der Waals surface area (Å²) in [4.78, 5) is 14.1. The Morgan fingerprint density at radius 3 is 2.70 bits per heavy atom. The third-order valence-corrected chi connectivity index (χ3v) is 3.56. The predicted molar refractivity (Wildman–Crippen MR) is 97.5 cm³/mol. The van der Waals surface area contributed by atoms with E-state index >= 15 is 0 Å². The van der Waals surface area contributed by atoms with E-state index in [1.165, 1.54) is 7.11 Å². The molecule has 3 N–H and O–H groups in total. The topological polar surface area (TPSA) is 76.8 Å². The van der Waals surface area contributed by atoms with Crippen LogP contribution in [0.25, 0.3) is 0 Å². The molecule has 1 aliphatic rings. The number of amides is 1. The fourth-order valence-electron chi connectivity index (χ4n) is 2.21. The van der Waals surface area contributed by atoms with Crippen LogP contribution in [0.1, 0.15) is 0 Å². The van der Waals surface area contributed by atoms with Gasteiger partial charge >= 0.3 is 0 Å². The molecule has 1 unspecified atom stereocenters. The smallest absolute Gasteiger partial charge is 0.243 e. The fourth-order valence-corrected chi connectivity index (χ4v) is 2.50. The summed E-state index contributed by atoms with van der Waals surface area (Å²) in [6.07, 6.45) is 0. The molecule has 23 heavy (non-hydrogen) atoms. The summed E-state index contributed by atoms with van der Waals surface area (Å²) < 4.78 is 10.2. The number of hydrogen-bond acceptors (Lipinski definition) is 5. The second kappa shape index (κ2) is 10.9. The van der Waals surface area contributed by atoms with Crippen molar-refractivity contribution in [1.29, 1.82) is 0 Å². The van der Waals surface area contributed by atoms with E-state index in [4.69, 9.17) is 26.8 Å². The number of nitrogens with zero attached hydrogens (tertiary/aromatic N) is 1. The molecule has 0 radical (unpaired) electrons. The molecule has 0 saturated carbocycles. The molecule has 2 rings (SSSR count). The SMILES string of the molecule is COCC(N)C(=O)Nc1cccc(Cl)c1N1CCOCC1.Cl.Cl. The highest BCUT2D eigenvalue weighted by Crippen LogP contribution is 2.34. The maximum absolute atomic E-state index is 12.0. The first kappa shape index (κ1) is 22.2. The minimum atomic E-state index is -0.716. The van der Waals surface area contributed by atoms with Gasteiger partial charge in [-0.15, -0.1) is 24.8 Å². The first-order chi connectivity index (χ1) is 10.1. The van der Waals surface area contributed by atoms with Crippen molar-refractivity contribution in [3.05, 3.63) is 23.2 Å². The minimum absolute atomic E-state index is 0. The molecular weight excluding hydrogens is 365 g/mol. The van der Waals surface area contributed by atoms with Crippen molar-refractivity contribution < 1.29 is 14.3 Å². The van der Waals surface area contributed by atoms with Crippen molar-refractivity contribution in [3.63, 3.8) is 0 Å². The van der Waals surface area contributed by atoms with Gasteiger partial charge in [-0.25, -0.2) is 0 Å². The molecule has 0 aromatic heterocycles. The average Bonchev–Trinajstić information content (AvgIpc) is 2.48. The zero-order valence-electron chi connectivity index (χ0n) is 12.8. The van der Waals surface area contributed by atoms with Crippen LogP contribution in [-0.2, 0) is 14.3 Å². The third-order valence-electron chi connectivity index (χ3n) is 3.25. The van der Waals surface area contributed by atoms with Gasteiger partial charge in [0, 0.05) is 20.2 Å². The summed E-state index contributed by atoms with van der Waals surface area (Å²) in [6.45, 7) is 2.91. The Kier molecular flexibility index (Phi) is 10.6. The highest BCUT2D eigenvalue weighted by Gasteiger charge is 2.20. The molecule has 1 heterocycles. The van der Waals surface area contributed by atoms with Crippen LogP contribution in [0.3, 0.4) is 0 Å². The number of halogens is 3. The van der Waals surface area contributed by atoms with Gasteiger partial charge in [0.25, 0.3) is 0 Å². The number of nitrogens with two attached hydrogens (primary N) is 1. The highest BCUT2D eigenvalue weighted by molar-refractivity contribution is 6.34. The number of carbonyl (C=O) groups excluding carboxylic acids is 1. The first-order valence-electron chi connectivity index (χ1n) is 6.80. The molecule has 9 heteroatoms. The Balaban J connectivity index is 0.00000242. The number of nitrogens with one attached hydrogen (secondary N) is 1. The van der Waals surface area contributed by atoms with Gasteiger partial charge in [0.05, 0.1) is 36.2 Å². The van der Waals surface area contributed by atoms with E-state index in [1.807, 2.05) is 6.07 Å². The molecule has 0 aliphatic carbocycles. The van der Waals surface area contributed by atoms with Crippen LogP contribution in [0.5, 0.6) is 0 Å². The molecule has 1 saturated heterocycles. The average molecular weight is 387 g/mol. The molecule has 1 atom stereocenters. The van der Waals surface area contributed by atoms with Crippen molar-refractivity contribution in [3.8, 4) is 0 Å². The Bertz CT molecular complexity index is 499. The zero-order chi connectivity index (χ0) is 15.2. The molecule has 1 amide bonds. The standard InChI is InChI=1S/C14H20ClN3O3.2ClH/c1-20-9-11(16)14(19)17-12-4-2-3-10(15)13(12)18-5-7-21-8-6-18;;/h2-4,11H,5-9,16H2,1H3,(H,17,19);2*1H. The number of benzene rings is 1. The second-order valence-electron chi connectivity index (χ2n) is 4.79. The van der Waals surface area contributed by atoms with E-state index in [9.17, 15) is 4.79 Å². The van der Waals surface area contributed by atoms with Crippen LogP contribution >= 0.6 is 36.4 Å². The summed E-state index contributed by atoms with van der Waals surface area (Å²) in [5, 5.41) is 3.41. The number of morpholine rings is 1. The van der Waals surface area contributed by atoms with Crippen molar-refractivity contribution in [2.75, 3.05) is 50.2 Å². The van der Waals surface area contributed by atoms with E-state index in [2.05, 4.69) is 10.2 Å². The maximum Gasteiger partial charge on any atom is 0.243 e. The molecule has 1 fully saturated rings. The lowest BCUT2D eigenvalue weighted by atomic mass is 10.2. The summed E-state index contributed by atoms with van der Waals surface area (Å²) in [6, 6.07) is 4.70. The molecule has 1 aromatic rings. The Hall–Kier alpha value is -0.760. The predicted octanol–water partition coefficient (Wildman–Crippen LogP) is 1.93. The number of anilines is 2. The third kappa shape index (κ3) is 5.99. The summed E-state index contributed by atoms with van der Waals surface area (Å²) in [7, 11) is 1.51. The van der Waals surface area contributed by atoms with Crippen LogP contribution < -0.4 is 16.0 Å². The van der Waals surface area contributed by atoms with Crippen LogP contribution in [0.4, 0.5) is 11.4 Å². The summed E-state index contributed by atoms with van der Waals surface area (Å²) in [5.74, 6) is -0.298. The molecule has 6 nitrogen and oxygen atoms in total. The Morgan fingerprint density at radius 1 is 1.43 bits per heavy atom. The molecule has 132 valence electrons. The van der Waals surface area contributed by atoms with Crippen LogP contribution in [0.15, 0.2) is 18.2 Å². The van der Waals surface area contributed by atoms with E-state index in [0.29, 0.717) is 23.9 Å². The number of para-hydroxylation sites is 1. The lowest BCUT2D eigenvalue weighted by molar-refractivity contribution is -0.118. The highest BCUT2D eigenvalue weighted by atomic mass is 35.5. The van der Waals surface area contributed by atoms with Gasteiger partial charge < -0.3 is 25.4 Å². The van der Waals surface area contributed by atoms with E-state index in [1.54, 1.807) is 12.1 Å². The van der Waals surface area contributed by atoms with Crippen molar-refractivity contribution in [1.82, 2.24) is 0 Å². The van der Waals surface area contributed by atoms with E-state index < -0.39 is 6.04 Å². The van der Waals surface area contributed by atoms with Crippen molar-refractivity contribution in [2.24, 2.45) is 5.73 Å². The first-order valence-corrected chi connectivity index (χ1v) is 7.18. The summed E-state index contributed by atoms with van der Waals surface area (Å²) in [5.41, 5.74) is 7.20. The molecule has 0 spiro atoms. The monoisotopic (exact) mass is 385 g/mol. The number of carbonyl (C=O) groups is 1. The maximum atomic E-state index is 12.0.